The van der Waals surface area contributed by atoms with Gasteiger partial charge in [0, 0.05) is 24.7 Å². The standard InChI is InChI=1S/C17H24N4O2S2/c1-14-11-20-16(24-14)12-21-17(18-2)19-9-6-10-25(22,23)13-15-7-4-3-5-8-15/h3-5,7-8,11H,6,9-10,12-13H2,1-2H3,(H2,18,19,21). The summed E-state index contributed by atoms with van der Waals surface area (Å²) in [7, 11) is -1.41. The van der Waals surface area contributed by atoms with Gasteiger partial charge in [0.1, 0.15) is 5.01 Å². The van der Waals surface area contributed by atoms with Crippen LogP contribution in [0, 0.1) is 6.92 Å². The quantitative estimate of drug-likeness (QED) is 0.416. The summed E-state index contributed by atoms with van der Waals surface area (Å²) < 4.78 is 24.3. The van der Waals surface area contributed by atoms with Gasteiger partial charge in [-0.2, -0.15) is 0 Å². The van der Waals surface area contributed by atoms with Crippen molar-refractivity contribution in [2.45, 2.75) is 25.6 Å². The molecule has 0 aliphatic carbocycles. The van der Waals surface area contributed by atoms with Crippen LogP contribution in [0.5, 0.6) is 0 Å². The monoisotopic (exact) mass is 380 g/mol. The molecule has 0 saturated heterocycles. The molecular formula is C17H24N4O2S2. The molecule has 8 heteroatoms. The van der Waals surface area contributed by atoms with Gasteiger partial charge in [-0.25, -0.2) is 13.4 Å². The molecule has 1 heterocycles. The van der Waals surface area contributed by atoms with Crippen molar-refractivity contribution in [2.75, 3.05) is 19.3 Å². The molecule has 0 spiro atoms. The summed E-state index contributed by atoms with van der Waals surface area (Å²) in [6.07, 6.45) is 2.38. The van der Waals surface area contributed by atoms with E-state index in [4.69, 9.17) is 0 Å². The molecule has 0 fully saturated rings. The molecule has 0 radical (unpaired) electrons. The lowest BCUT2D eigenvalue weighted by Gasteiger charge is -2.11. The fraction of sp³-hybridized carbons (Fsp3) is 0.412. The van der Waals surface area contributed by atoms with Crippen LogP contribution in [0.25, 0.3) is 0 Å². The van der Waals surface area contributed by atoms with Crippen LogP contribution in [0.1, 0.15) is 21.9 Å². The van der Waals surface area contributed by atoms with Gasteiger partial charge in [0.05, 0.1) is 18.1 Å². The summed E-state index contributed by atoms with van der Waals surface area (Å²) in [5, 5.41) is 7.30. The molecule has 0 bridgehead atoms. The maximum Gasteiger partial charge on any atom is 0.191 e. The van der Waals surface area contributed by atoms with Crippen molar-refractivity contribution in [3.05, 3.63) is 52.0 Å². The highest BCUT2D eigenvalue weighted by Gasteiger charge is 2.11. The van der Waals surface area contributed by atoms with Crippen LogP contribution >= 0.6 is 11.3 Å². The van der Waals surface area contributed by atoms with E-state index in [1.165, 1.54) is 4.88 Å². The topological polar surface area (TPSA) is 83.5 Å². The number of nitrogens with one attached hydrogen (secondary N) is 2. The zero-order valence-corrected chi connectivity index (χ0v) is 16.2. The second-order valence-corrected chi connectivity index (χ2v) is 9.15. The zero-order valence-electron chi connectivity index (χ0n) is 14.5. The first-order valence-electron chi connectivity index (χ1n) is 8.09. The third kappa shape index (κ3) is 7.23. The lowest BCUT2D eigenvalue weighted by Crippen LogP contribution is -2.37. The Kier molecular flexibility index (Phi) is 7.39. The highest BCUT2D eigenvalue weighted by atomic mass is 32.2. The summed E-state index contributed by atoms with van der Waals surface area (Å²) in [6.45, 7) is 3.17. The molecule has 2 rings (SSSR count). The molecule has 0 aliphatic rings. The Balaban J connectivity index is 1.69. The van der Waals surface area contributed by atoms with E-state index in [9.17, 15) is 8.42 Å². The fourth-order valence-electron chi connectivity index (χ4n) is 2.26. The highest BCUT2D eigenvalue weighted by Crippen LogP contribution is 2.10. The van der Waals surface area contributed by atoms with Crippen LogP contribution in [0.4, 0.5) is 0 Å². The maximum absolute atomic E-state index is 12.1. The number of benzene rings is 1. The van der Waals surface area contributed by atoms with Crippen LogP contribution in [-0.2, 0) is 22.1 Å². The maximum atomic E-state index is 12.1. The van der Waals surface area contributed by atoms with E-state index < -0.39 is 9.84 Å². The van der Waals surface area contributed by atoms with Gasteiger partial charge >= 0.3 is 0 Å². The molecule has 2 N–H and O–H groups in total. The van der Waals surface area contributed by atoms with E-state index in [-0.39, 0.29) is 11.5 Å². The van der Waals surface area contributed by atoms with Gasteiger partial charge in [-0.3, -0.25) is 4.99 Å². The summed E-state index contributed by atoms with van der Waals surface area (Å²) in [5.74, 6) is 0.884. The predicted octanol–water partition coefficient (Wildman–Crippen LogP) is 2.12. The summed E-state index contributed by atoms with van der Waals surface area (Å²) in [6, 6.07) is 9.26. The number of guanidine groups is 1. The Labute approximate surface area is 153 Å². The molecule has 0 amide bonds. The summed E-state index contributed by atoms with van der Waals surface area (Å²) in [4.78, 5) is 9.59. The van der Waals surface area contributed by atoms with Crippen molar-refractivity contribution in [3.63, 3.8) is 0 Å². The molecular weight excluding hydrogens is 356 g/mol. The lowest BCUT2D eigenvalue weighted by atomic mass is 10.2. The molecule has 2 aromatic rings. The zero-order chi connectivity index (χ0) is 18.1. The molecule has 25 heavy (non-hydrogen) atoms. The van der Waals surface area contributed by atoms with E-state index in [2.05, 4.69) is 20.6 Å². The second-order valence-electron chi connectivity index (χ2n) is 5.65. The molecule has 1 aromatic carbocycles. The van der Waals surface area contributed by atoms with Crippen molar-refractivity contribution in [3.8, 4) is 0 Å². The van der Waals surface area contributed by atoms with E-state index in [0.717, 1.165) is 10.6 Å². The normalized spacial score (nSPS) is 12.2. The number of nitrogens with zero attached hydrogens (tertiary/aromatic N) is 2. The predicted molar refractivity (Wildman–Crippen MR) is 104 cm³/mol. The van der Waals surface area contributed by atoms with Crippen molar-refractivity contribution in [1.82, 2.24) is 15.6 Å². The SMILES string of the molecule is CN=C(NCCCS(=O)(=O)Cc1ccccc1)NCc1ncc(C)s1. The smallest absolute Gasteiger partial charge is 0.191 e. The number of aliphatic imine (C=N–C) groups is 1. The van der Waals surface area contributed by atoms with Crippen molar-refractivity contribution < 1.29 is 8.42 Å². The van der Waals surface area contributed by atoms with Gasteiger partial charge in [-0.05, 0) is 18.9 Å². The molecule has 0 aliphatic heterocycles. The Morgan fingerprint density at radius 2 is 2.00 bits per heavy atom. The third-order valence-electron chi connectivity index (χ3n) is 3.45. The van der Waals surface area contributed by atoms with Gasteiger partial charge < -0.3 is 10.6 Å². The van der Waals surface area contributed by atoms with Crippen molar-refractivity contribution >= 4 is 27.1 Å². The van der Waals surface area contributed by atoms with Gasteiger partial charge in [0.25, 0.3) is 0 Å². The molecule has 1 aromatic heterocycles. The highest BCUT2D eigenvalue weighted by molar-refractivity contribution is 7.90. The van der Waals surface area contributed by atoms with Crippen molar-refractivity contribution in [2.24, 2.45) is 4.99 Å². The lowest BCUT2D eigenvalue weighted by molar-refractivity contribution is 0.591. The number of thiazole rings is 1. The van der Waals surface area contributed by atoms with Crippen molar-refractivity contribution in [1.29, 1.82) is 0 Å². The van der Waals surface area contributed by atoms with Crippen LogP contribution < -0.4 is 10.6 Å². The summed E-state index contributed by atoms with van der Waals surface area (Å²) >= 11 is 1.64. The first kappa shape index (κ1) is 19.4. The largest absolute Gasteiger partial charge is 0.356 e. The van der Waals surface area contributed by atoms with Crippen LogP contribution in [0.3, 0.4) is 0 Å². The Morgan fingerprint density at radius 1 is 1.24 bits per heavy atom. The number of sulfone groups is 1. The first-order valence-corrected chi connectivity index (χ1v) is 10.7. The van der Waals surface area contributed by atoms with E-state index in [1.54, 1.807) is 18.4 Å². The van der Waals surface area contributed by atoms with E-state index in [0.29, 0.717) is 25.5 Å². The third-order valence-corrected chi connectivity index (χ3v) is 6.05. The van der Waals surface area contributed by atoms with E-state index >= 15 is 0 Å². The van der Waals surface area contributed by atoms with Gasteiger partial charge in [0.2, 0.25) is 0 Å². The Morgan fingerprint density at radius 3 is 2.64 bits per heavy atom. The minimum absolute atomic E-state index is 0.0875. The van der Waals surface area contributed by atoms with Crippen LogP contribution in [-0.4, -0.2) is 38.7 Å². The van der Waals surface area contributed by atoms with Crippen LogP contribution in [0.15, 0.2) is 41.5 Å². The molecule has 136 valence electrons. The molecule has 0 saturated carbocycles. The Bertz CT molecular complexity index is 786. The number of hydrogen-bond acceptors (Lipinski definition) is 5. The molecule has 6 nitrogen and oxygen atoms in total. The number of aromatic nitrogens is 1. The van der Waals surface area contributed by atoms with E-state index in [1.807, 2.05) is 43.5 Å². The van der Waals surface area contributed by atoms with Gasteiger partial charge in [0.15, 0.2) is 15.8 Å². The molecule has 0 atom stereocenters. The molecule has 0 unspecified atom stereocenters. The minimum atomic E-state index is -3.10. The number of rotatable bonds is 8. The van der Waals surface area contributed by atoms with Crippen LogP contribution in [0.2, 0.25) is 0 Å². The average molecular weight is 381 g/mol. The number of aryl methyl sites for hydroxylation is 1. The first-order chi connectivity index (χ1) is 12.0. The van der Waals surface area contributed by atoms with Gasteiger partial charge in [-0.1, -0.05) is 30.3 Å². The van der Waals surface area contributed by atoms with Gasteiger partial charge in [-0.15, -0.1) is 11.3 Å². The average Bonchev–Trinajstić information content (AvgIpc) is 3.00. The Hall–Kier alpha value is -1.93. The number of hydrogen-bond donors (Lipinski definition) is 2. The summed E-state index contributed by atoms with van der Waals surface area (Å²) in [5.41, 5.74) is 0.826. The fourth-order valence-corrected chi connectivity index (χ4v) is 4.42. The minimum Gasteiger partial charge on any atom is -0.356 e. The second kappa shape index (κ2) is 9.53.